The monoisotopic (exact) mass is 331 g/mol. The third-order valence-electron chi connectivity index (χ3n) is 3.87. The normalized spacial score (nSPS) is 20.4. The molecule has 2 aromatic rings. The van der Waals surface area contributed by atoms with Crippen molar-refractivity contribution in [1.29, 1.82) is 0 Å². The summed E-state index contributed by atoms with van der Waals surface area (Å²) in [5.41, 5.74) is 0.855. The van der Waals surface area contributed by atoms with E-state index in [0.717, 1.165) is 17.7 Å². The van der Waals surface area contributed by atoms with Gasteiger partial charge in [-0.15, -0.1) is 0 Å². The fourth-order valence-electron chi connectivity index (χ4n) is 2.59. The summed E-state index contributed by atoms with van der Waals surface area (Å²) in [6, 6.07) is 7.36. The Morgan fingerprint density at radius 1 is 1.25 bits per heavy atom. The number of rotatable bonds is 6. The third-order valence-corrected chi connectivity index (χ3v) is 3.87. The van der Waals surface area contributed by atoms with Crippen molar-refractivity contribution in [2.75, 3.05) is 25.6 Å². The minimum Gasteiger partial charge on any atom is -0.488 e. The van der Waals surface area contributed by atoms with Gasteiger partial charge in [-0.05, 0) is 17.7 Å². The molecule has 2 N–H and O–H groups in total. The number of hydrogen-bond donors (Lipinski definition) is 2. The highest BCUT2D eigenvalue weighted by Gasteiger charge is 2.28. The van der Waals surface area contributed by atoms with Gasteiger partial charge in [0.25, 0.3) is 5.88 Å². The van der Waals surface area contributed by atoms with Gasteiger partial charge in [0.15, 0.2) is 5.82 Å². The highest BCUT2D eigenvalue weighted by atomic mass is 16.5. The van der Waals surface area contributed by atoms with Crippen LogP contribution in [0, 0.1) is 0 Å². The van der Waals surface area contributed by atoms with Crippen LogP contribution in [-0.2, 0) is 11.3 Å². The molecule has 128 valence electrons. The van der Waals surface area contributed by atoms with Crippen LogP contribution in [0.3, 0.4) is 0 Å². The number of methoxy groups -OCH3 is 1. The lowest BCUT2D eigenvalue weighted by Crippen LogP contribution is -2.45. The molecule has 1 fully saturated rings. The summed E-state index contributed by atoms with van der Waals surface area (Å²) < 4.78 is 16.9. The lowest BCUT2D eigenvalue weighted by atomic mass is 10.1. The molecule has 0 radical (unpaired) electrons. The molecule has 7 heteroatoms. The molecule has 1 aromatic carbocycles. The summed E-state index contributed by atoms with van der Waals surface area (Å²) in [5.74, 6) is 1.77. The number of anilines is 1. The predicted octanol–water partition coefficient (Wildman–Crippen LogP) is 1.63. The fourth-order valence-corrected chi connectivity index (χ4v) is 2.59. The Labute approximate surface area is 140 Å². The second-order valence-electron chi connectivity index (χ2n) is 5.49. The highest BCUT2D eigenvalue weighted by Crippen LogP contribution is 2.24. The summed E-state index contributed by atoms with van der Waals surface area (Å²) in [6.07, 6.45) is 3.89. The Morgan fingerprint density at radius 3 is 2.79 bits per heavy atom. The molecular formula is C17H21N3O4. The van der Waals surface area contributed by atoms with E-state index in [1.165, 1.54) is 0 Å². The molecule has 2 atom stereocenters. The van der Waals surface area contributed by atoms with Crippen molar-refractivity contribution in [3.63, 3.8) is 0 Å². The van der Waals surface area contributed by atoms with E-state index in [1.54, 1.807) is 19.5 Å². The van der Waals surface area contributed by atoms with E-state index in [1.807, 2.05) is 24.3 Å². The van der Waals surface area contributed by atoms with Crippen molar-refractivity contribution in [2.45, 2.75) is 25.2 Å². The SMILES string of the molecule is COc1nccnc1N[C@@H]1COCC[C@H]1Oc1ccc(CO)cc1. The highest BCUT2D eigenvalue weighted by molar-refractivity contribution is 5.45. The van der Waals surface area contributed by atoms with Gasteiger partial charge in [0.2, 0.25) is 0 Å². The summed E-state index contributed by atoms with van der Waals surface area (Å²) in [5, 5.41) is 12.4. The van der Waals surface area contributed by atoms with Gasteiger partial charge in [-0.2, -0.15) is 0 Å². The van der Waals surface area contributed by atoms with Crippen LogP contribution in [0.5, 0.6) is 11.6 Å². The quantitative estimate of drug-likeness (QED) is 0.832. The molecule has 0 unspecified atom stereocenters. The molecule has 0 spiro atoms. The van der Waals surface area contributed by atoms with E-state index >= 15 is 0 Å². The predicted molar refractivity (Wildman–Crippen MR) is 88.2 cm³/mol. The van der Waals surface area contributed by atoms with E-state index < -0.39 is 0 Å². The summed E-state index contributed by atoms with van der Waals surface area (Å²) in [7, 11) is 1.56. The Balaban J connectivity index is 1.70. The topological polar surface area (TPSA) is 85.7 Å². The molecular weight excluding hydrogens is 310 g/mol. The third kappa shape index (κ3) is 3.93. The average molecular weight is 331 g/mol. The Morgan fingerprint density at radius 2 is 2.04 bits per heavy atom. The molecule has 24 heavy (non-hydrogen) atoms. The number of benzene rings is 1. The van der Waals surface area contributed by atoms with Gasteiger partial charge in [-0.3, -0.25) is 0 Å². The van der Waals surface area contributed by atoms with Crippen molar-refractivity contribution in [3.8, 4) is 11.6 Å². The van der Waals surface area contributed by atoms with Crippen molar-refractivity contribution < 1.29 is 19.3 Å². The lowest BCUT2D eigenvalue weighted by Gasteiger charge is -2.32. The maximum absolute atomic E-state index is 9.11. The molecule has 7 nitrogen and oxygen atoms in total. The number of ether oxygens (including phenoxy) is 3. The number of nitrogens with zero attached hydrogens (tertiary/aromatic N) is 2. The van der Waals surface area contributed by atoms with Gasteiger partial charge >= 0.3 is 0 Å². The van der Waals surface area contributed by atoms with E-state index in [9.17, 15) is 0 Å². The van der Waals surface area contributed by atoms with E-state index in [4.69, 9.17) is 19.3 Å². The van der Waals surface area contributed by atoms with E-state index in [2.05, 4.69) is 15.3 Å². The Kier molecular flexibility index (Phi) is 5.45. The molecule has 0 saturated carbocycles. The van der Waals surface area contributed by atoms with Gasteiger partial charge in [-0.1, -0.05) is 12.1 Å². The molecule has 1 aliphatic heterocycles. The molecule has 2 heterocycles. The van der Waals surface area contributed by atoms with Crippen LogP contribution in [0.2, 0.25) is 0 Å². The smallest absolute Gasteiger partial charge is 0.257 e. The summed E-state index contributed by atoms with van der Waals surface area (Å²) in [6.45, 7) is 1.18. The van der Waals surface area contributed by atoms with Crippen LogP contribution >= 0.6 is 0 Å². The summed E-state index contributed by atoms with van der Waals surface area (Å²) >= 11 is 0. The Hall–Kier alpha value is -2.38. The minimum absolute atomic E-state index is 0.0220. The molecule has 1 aliphatic rings. The van der Waals surface area contributed by atoms with Crippen molar-refractivity contribution in [3.05, 3.63) is 42.2 Å². The van der Waals surface area contributed by atoms with E-state index in [0.29, 0.717) is 24.9 Å². The molecule has 1 aromatic heterocycles. The first-order valence-electron chi connectivity index (χ1n) is 7.86. The first-order valence-corrected chi connectivity index (χ1v) is 7.86. The maximum Gasteiger partial charge on any atom is 0.257 e. The fraction of sp³-hybridized carbons (Fsp3) is 0.412. The van der Waals surface area contributed by atoms with Crippen LogP contribution in [0.25, 0.3) is 0 Å². The zero-order valence-electron chi connectivity index (χ0n) is 13.5. The van der Waals surface area contributed by atoms with Crippen LogP contribution in [-0.4, -0.2) is 47.5 Å². The molecule has 0 aliphatic carbocycles. The number of aliphatic hydroxyl groups excluding tert-OH is 1. The second kappa shape index (κ2) is 7.94. The standard InChI is InChI=1S/C17H21N3O4/c1-22-17-16(18-7-8-19-17)20-14-11-23-9-6-15(14)24-13-4-2-12(10-21)3-5-13/h2-5,7-8,14-15,21H,6,9-11H2,1H3,(H,18,20)/t14-,15-/m1/s1. The first-order chi connectivity index (χ1) is 11.8. The zero-order valence-corrected chi connectivity index (χ0v) is 13.5. The van der Waals surface area contributed by atoms with Crippen molar-refractivity contribution in [2.24, 2.45) is 0 Å². The van der Waals surface area contributed by atoms with Crippen molar-refractivity contribution >= 4 is 5.82 Å². The van der Waals surface area contributed by atoms with Gasteiger partial charge in [0.1, 0.15) is 11.9 Å². The minimum atomic E-state index is -0.0677. The van der Waals surface area contributed by atoms with Gasteiger partial charge in [0.05, 0.1) is 33.0 Å². The molecule has 0 amide bonds. The average Bonchev–Trinajstić information content (AvgIpc) is 2.64. The maximum atomic E-state index is 9.11. The number of nitrogens with one attached hydrogen (secondary N) is 1. The van der Waals surface area contributed by atoms with Crippen LogP contribution in [0.15, 0.2) is 36.7 Å². The number of hydrogen-bond acceptors (Lipinski definition) is 7. The molecule has 0 bridgehead atoms. The number of aromatic nitrogens is 2. The van der Waals surface area contributed by atoms with Crippen LogP contribution < -0.4 is 14.8 Å². The summed E-state index contributed by atoms with van der Waals surface area (Å²) in [4.78, 5) is 8.41. The second-order valence-corrected chi connectivity index (χ2v) is 5.49. The molecule has 1 saturated heterocycles. The largest absolute Gasteiger partial charge is 0.488 e. The van der Waals surface area contributed by atoms with Gasteiger partial charge in [-0.25, -0.2) is 9.97 Å². The lowest BCUT2D eigenvalue weighted by molar-refractivity contribution is 0.0146. The van der Waals surface area contributed by atoms with E-state index in [-0.39, 0.29) is 18.8 Å². The number of aliphatic hydroxyl groups is 1. The van der Waals surface area contributed by atoms with Crippen molar-refractivity contribution in [1.82, 2.24) is 9.97 Å². The van der Waals surface area contributed by atoms with Crippen LogP contribution in [0.4, 0.5) is 5.82 Å². The Bertz CT molecular complexity index is 651. The first kappa shape index (κ1) is 16.5. The molecule has 3 rings (SSSR count). The zero-order chi connectivity index (χ0) is 16.8. The van der Waals surface area contributed by atoms with Gasteiger partial charge in [0, 0.05) is 18.8 Å². The van der Waals surface area contributed by atoms with Crippen LogP contribution in [0.1, 0.15) is 12.0 Å². The van der Waals surface area contributed by atoms with Gasteiger partial charge < -0.3 is 24.6 Å².